The summed E-state index contributed by atoms with van der Waals surface area (Å²) >= 11 is 0. The summed E-state index contributed by atoms with van der Waals surface area (Å²) in [6, 6.07) is 6.55. The van der Waals surface area contributed by atoms with Gasteiger partial charge in [-0.3, -0.25) is 4.79 Å². The minimum absolute atomic E-state index is 0.00426. The highest BCUT2D eigenvalue weighted by Gasteiger charge is 2.25. The average molecular weight is 397 g/mol. The van der Waals surface area contributed by atoms with Crippen LogP contribution in [0, 0.1) is 11.7 Å². The van der Waals surface area contributed by atoms with Crippen molar-refractivity contribution < 1.29 is 9.18 Å². The molecule has 154 valence electrons. The van der Waals surface area contributed by atoms with Crippen LogP contribution >= 0.6 is 0 Å². The number of piperidine rings is 2. The van der Waals surface area contributed by atoms with Gasteiger partial charge in [-0.05, 0) is 38.2 Å². The molecule has 0 spiro atoms. The summed E-state index contributed by atoms with van der Waals surface area (Å²) in [6.07, 6.45) is 9.05. The smallest absolute Gasteiger partial charge is 0.225 e. The van der Waals surface area contributed by atoms with Gasteiger partial charge in [-0.1, -0.05) is 18.2 Å². The molecule has 2 aromatic rings. The topological polar surface area (TPSA) is 61.4 Å². The molecule has 29 heavy (non-hydrogen) atoms. The maximum absolute atomic E-state index is 13.7. The van der Waals surface area contributed by atoms with E-state index in [1.54, 1.807) is 18.2 Å². The number of hydrogen-bond acceptors (Lipinski definition) is 5. The molecule has 0 saturated carbocycles. The van der Waals surface area contributed by atoms with E-state index in [0.717, 1.165) is 50.7 Å². The molecule has 1 N–H and O–H groups in total. The Kier molecular flexibility index (Phi) is 6.22. The molecule has 6 nitrogen and oxygen atoms in total. The Bertz CT molecular complexity index is 814. The highest BCUT2D eigenvalue weighted by Crippen LogP contribution is 2.24. The zero-order valence-electron chi connectivity index (χ0n) is 16.7. The first-order valence-corrected chi connectivity index (χ1v) is 10.5. The van der Waals surface area contributed by atoms with Gasteiger partial charge in [-0.25, -0.2) is 14.4 Å². The Hall–Kier alpha value is -2.70. The number of carbonyl (C=O) groups is 1. The van der Waals surface area contributed by atoms with Crippen LogP contribution in [0.1, 0.15) is 37.7 Å². The van der Waals surface area contributed by atoms with Crippen LogP contribution in [0.25, 0.3) is 0 Å². The molecule has 0 unspecified atom stereocenters. The predicted octanol–water partition coefficient (Wildman–Crippen LogP) is 3.14. The summed E-state index contributed by atoms with van der Waals surface area (Å²) in [5, 5.41) is 2.88. The van der Waals surface area contributed by atoms with Gasteiger partial charge < -0.3 is 15.1 Å². The molecule has 0 radical (unpaired) electrons. The van der Waals surface area contributed by atoms with Gasteiger partial charge in [0.15, 0.2) is 0 Å². The van der Waals surface area contributed by atoms with E-state index in [2.05, 4.69) is 25.1 Å². The molecule has 1 aromatic carbocycles. The molecule has 2 saturated heterocycles. The normalized spacial score (nSPS) is 18.0. The number of amides is 1. The van der Waals surface area contributed by atoms with Crippen LogP contribution in [0.2, 0.25) is 0 Å². The van der Waals surface area contributed by atoms with Gasteiger partial charge in [-0.15, -0.1) is 0 Å². The van der Waals surface area contributed by atoms with Crippen LogP contribution in [0.4, 0.5) is 16.0 Å². The van der Waals surface area contributed by atoms with E-state index in [9.17, 15) is 9.18 Å². The molecule has 0 bridgehead atoms. The summed E-state index contributed by atoms with van der Waals surface area (Å²) in [5.74, 6) is 0.502. The van der Waals surface area contributed by atoms with E-state index in [1.165, 1.54) is 25.3 Å². The van der Waals surface area contributed by atoms with E-state index in [4.69, 9.17) is 0 Å². The first-order chi connectivity index (χ1) is 14.2. The molecule has 0 atom stereocenters. The van der Waals surface area contributed by atoms with Crippen molar-refractivity contribution in [2.24, 2.45) is 5.92 Å². The van der Waals surface area contributed by atoms with E-state index in [0.29, 0.717) is 5.56 Å². The van der Waals surface area contributed by atoms with E-state index in [-0.39, 0.29) is 24.2 Å². The van der Waals surface area contributed by atoms with Gasteiger partial charge in [-0.2, -0.15) is 0 Å². The second kappa shape index (κ2) is 9.20. The van der Waals surface area contributed by atoms with Gasteiger partial charge in [0.1, 0.15) is 5.82 Å². The first kappa shape index (κ1) is 19.6. The van der Waals surface area contributed by atoms with Crippen LogP contribution in [-0.2, 0) is 11.3 Å². The number of aromatic nitrogens is 2. The molecule has 0 aliphatic carbocycles. The lowest BCUT2D eigenvalue weighted by Crippen LogP contribution is -2.40. The molecule has 1 aromatic heterocycles. The number of halogens is 1. The number of carbonyl (C=O) groups excluding carboxylic acids is 1. The van der Waals surface area contributed by atoms with Gasteiger partial charge in [0.05, 0.1) is 18.1 Å². The number of rotatable bonds is 5. The monoisotopic (exact) mass is 397 g/mol. The third kappa shape index (κ3) is 4.83. The molecule has 3 heterocycles. The van der Waals surface area contributed by atoms with Crippen molar-refractivity contribution in [3.63, 3.8) is 0 Å². The second-order valence-electron chi connectivity index (χ2n) is 7.86. The number of hydrogen-bond donors (Lipinski definition) is 1. The number of benzene rings is 1. The lowest BCUT2D eigenvalue weighted by Gasteiger charge is -2.33. The summed E-state index contributed by atoms with van der Waals surface area (Å²) in [6.45, 7) is 3.89. The van der Waals surface area contributed by atoms with Crippen molar-refractivity contribution in [1.82, 2.24) is 15.3 Å². The Morgan fingerprint density at radius 3 is 2.38 bits per heavy atom. The van der Waals surface area contributed by atoms with Crippen molar-refractivity contribution >= 4 is 17.5 Å². The fourth-order valence-electron chi connectivity index (χ4n) is 4.10. The van der Waals surface area contributed by atoms with Crippen molar-refractivity contribution in [3.05, 3.63) is 48.0 Å². The Morgan fingerprint density at radius 2 is 1.69 bits per heavy atom. The van der Waals surface area contributed by atoms with Crippen LogP contribution in [0.3, 0.4) is 0 Å². The van der Waals surface area contributed by atoms with Crippen molar-refractivity contribution in [2.75, 3.05) is 36.0 Å². The standard InChI is InChI=1S/C22H28FN5O/c23-20-7-3-2-6-18(20)14-24-21(29)17-8-12-27(13-9-17)19-15-25-22(26-16-19)28-10-4-1-5-11-28/h2-3,6-7,15-17H,1,4-5,8-14H2,(H,24,29). The zero-order chi connectivity index (χ0) is 20.1. The molecule has 2 aliphatic heterocycles. The zero-order valence-corrected chi connectivity index (χ0v) is 16.7. The molecule has 7 heteroatoms. The Balaban J connectivity index is 1.26. The highest BCUT2D eigenvalue weighted by molar-refractivity contribution is 5.79. The van der Waals surface area contributed by atoms with Gasteiger partial charge in [0.2, 0.25) is 11.9 Å². The van der Waals surface area contributed by atoms with Crippen LogP contribution in [-0.4, -0.2) is 42.1 Å². The van der Waals surface area contributed by atoms with Gasteiger partial charge in [0.25, 0.3) is 0 Å². The molecule has 4 rings (SSSR count). The summed E-state index contributed by atoms with van der Waals surface area (Å²) < 4.78 is 13.7. The SMILES string of the molecule is O=C(NCc1ccccc1F)C1CCN(c2cnc(N3CCCCC3)nc2)CC1. The first-order valence-electron chi connectivity index (χ1n) is 10.5. The van der Waals surface area contributed by atoms with Crippen molar-refractivity contribution in [1.29, 1.82) is 0 Å². The van der Waals surface area contributed by atoms with E-state index < -0.39 is 0 Å². The number of anilines is 2. The van der Waals surface area contributed by atoms with E-state index >= 15 is 0 Å². The van der Waals surface area contributed by atoms with Gasteiger partial charge >= 0.3 is 0 Å². The molecular formula is C22H28FN5O. The van der Waals surface area contributed by atoms with E-state index in [1.807, 2.05) is 12.4 Å². The second-order valence-corrected chi connectivity index (χ2v) is 7.86. The molecular weight excluding hydrogens is 369 g/mol. The summed E-state index contributed by atoms with van der Waals surface area (Å²) in [5.41, 5.74) is 1.53. The lowest BCUT2D eigenvalue weighted by atomic mass is 9.95. The van der Waals surface area contributed by atoms with Crippen LogP contribution < -0.4 is 15.1 Å². The fraction of sp³-hybridized carbons (Fsp3) is 0.500. The number of nitrogens with one attached hydrogen (secondary N) is 1. The van der Waals surface area contributed by atoms with Gasteiger partial charge in [0, 0.05) is 44.2 Å². The quantitative estimate of drug-likeness (QED) is 0.840. The Morgan fingerprint density at radius 1 is 1.00 bits per heavy atom. The maximum Gasteiger partial charge on any atom is 0.225 e. The van der Waals surface area contributed by atoms with Crippen LogP contribution in [0.15, 0.2) is 36.7 Å². The largest absolute Gasteiger partial charge is 0.369 e. The fourth-order valence-corrected chi connectivity index (χ4v) is 4.10. The van der Waals surface area contributed by atoms with Crippen molar-refractivity contribution in [2.45, 2.75) is 38.6 Å². The lowest BCUT2D eigenvalue weighted by molar-refractivity contribution is -0.125. The Labute approximate surface area is 171 Å². The minimum Gasteiger partial charge on any atom is -0.369 e. The third-order valence-corrected chi connectivity index (χ3v) is 5.91. The predicted molar refractivity (Wildman–Crippen MR) is 111 cm³/mol. The minimum atomic E-state index is -0.282. The molecule has 2 fully saturated rings. The highest BCUT2D eigenvalue weighted by atomic mass is 19.1. The average Bonchev–Trinajstić information content (AvgIpc) is 2.79. The number of nitrogens with zero attached hydrogens (tertiary/aromatic N) is 4. The third-order valence-electron chi connectivity index (χ3n) is 5.91. The molecule has 2 aliphatic rings. The van der Waals surface area contributed by atoms with Crippen molar-refractivity contribution in [3.8, 4) is 0 Å². The summed E-state index contributed by atoms with van der Waals surface area (Å²) in [7, 11) is 0. The molecule has 1 amide bonds. The summed E-state index contributed by atoms with van der Waals surface area (Å²) in [4.78, 5) is 26.1. The maximum atomic E-state index is 13.7. The van der Waals surface area contributed by atoms with Crippen LogP contribution in [0.5, 0.6) is 0 Å².